The summed E-state index contributed by atoms with van der Waals surface area (Å²) in [7, 11) is 0. The van der Waals surface area contributed by atoms with Gasteiger partial charge in [0.2, 0.25) is 0 Å². The number of rotatable bonds is 6. The molecule has 96 valence electrons. The van der Waals surface area contributed by atoms with Crippen molar-refractivity contribution in [3.05, 3.63) is 21.3 Å². The minimum Gasteiger partial charge on any atom is -0.309 e. The van der Waals surface area contributed by atoms with E-state index in [1.807, 2.05) is 6.07 Å². The Balaban J connectivity index is 1.61. The van der Waals surface area contributed by atoms with Gasteiger partial charge in [0.15, 0.2) is 0 Å². The van der Waals surface area contributed by atoms with Crippen LogP contribution in [0.2, 0.25) is 4.34 Å². The summed E-state index contributed by atoms with van der Waals surface area (Å²) in [5.74, 6) is 0. The molecule has 0 saturated carbocycles. The van der Waals surface area contributed by atoms with Crippen LogP contribution in [0.5, 0.6) is 0 Å². The van der Waals surface area contributed by atoms with Gasteiger partial charge in [0.05, 0.1) is 4.34 Å². The highest BCUT2D eigenvalue weighted by Crippen LogP contribution is 2.26. The van der Waals surface area contributed by atoms with Crippen LogP contribution in [0.15, 0.2) is 12.1 Å². The van der Waals surface area contributed by atoms with E-state index in [9.17, 15) is 0 Å². The first-order valence-electron chi connectivity index (χ1n) is 6.46. The number of likely N-dealkylation sites (tertiary alicyclic amines) is 1. The van der Waals surface area contributed by atoms with Crippen molar-refractivity contribution in [2.75, 3.05) is 26.2 Å². The second-order valence-electron chi connectivity index (χ2n) is 4.72. The van der Waals surface area contributed by atoms with E-state index in [0.717, 1.165) is 10.9 Å². The molecule has 1 unspecified atom stereocenters. The van der Waals surface area contributed by atoms with Crippen LogP contribution in [-0.4, -0.2) is 31.1 Å². The normalized spacial score (nSPS) is 18.7. The van der Waals surface area contributed by atoms with Gasteiger partial charge in [-0.1, -0.05) is 11.6 Å². The summed E-state index contributed by atoms with van der Waals surface area (Å²) in [4.78, 5) is 3.89. The number of halogens is 1. The summed E-state index contributed by atoms with van der Waals surface area (Å²) in [6, 6.07) is 4.51. The lowest BCUT2D eigenvalue weighted by atomic mass is 10.2. The summed E-state index contributed by atoms with van der Waals surface area (Å²) in [5, 5.41) is 3.56. The predicted molar refractivity (Wildman–Crippen MR) is 76.0 cm³/mol. The van der Waals surface area contributed by atoms with Gasteiger partial charge in [-0.25, -0.2) is 0 Å². The molecule has 1 atom stereocenters. The third kappa shape index (κ3) is 4.25. The standard InChI is InChI=1S/C13H21ClN2S/c1-11(12-5-6-13(14)17-12)15-7-4-10-16-8-2-3-9-16/h5-6,11,15H,2-4,7-10H2,1H3. The number of nitrogens with one attached hydrogen (secondary N) is 1. The molecule has 0 amide bonds. The van der Waals surface area contributed by atoms with Crippen LogP contribution in [0.3, 0.4) is 0 Å². The first-order chi connectivity index (χ1) is 8.25. The highest BCUT2D eigenvalue weighted by atomic mass is 35.5. The van der Waals surface area contributed by atoms with E-state index < -0.39 is 0 Å². The molecular weight excluding hydrogens is 252 g/mol. The van der Waals surface area contributed by atoms with Gasteiger partial charge >= 0.3 is 0 Å². The molecule has 1 aromatic heterocycles. The van der Waals surface area contributed by atoms with Crippen LogP contribution in [0.25, 0.3) is 0 Å². The maximum atomic E-state index is 5.94. The summed E-state index contributed by atoms with van der Waals surface area (Å²) >= 11 is 7.61. The highest BCUT2D eigenvalue weighted by Gasteiger charge is 2.11. The fraction of sp³-hybridized carbons (Fsp3) is 0.692. The van der Waals surface area contributed by atoms with Crippen LogP contribution >= 0.6 is 22.9 Å². The van der Waals surface area contributed by atoms with Crippen LogP contribution < -0.4 is 5.32 Å². The molecule has 1 aliphatic heterocycles. The van der Waals surface area contributed by atoms with E-state index in [-0.39, 0.29) is 0 Å². The second kappa shape index (κ2) is 6.74. The van der Waals surface area contributed by atoms with E-state index in [1.165, 1.54) is 43.8 Å². The number of hydrogen-bond donors (Lipinski definition) is 1. The molecule has 0 radical (unpaired) electrons. The van der Waals surface area contributed by atoms with Gasteiger partial charge in [0.25, 0.3) is 0 Å². The molecule has 0 aromatic carbocycles. The Morgan fingerprint density at radius 2 is 2.18 bits per heavy atom. The topological polar surface area (TPSA) is 15.3 Å². The lowest BCUT2D eigenvalue weighted by Crippen LogP contribution is -2.26. The average molecular weight is 273 g/mol. The molecule has 1 saturated heterocycles. The average Bonchev–Trinajstić information content (AvgIpc) is 2.95. The highest BCUT2D eigenvalue weighted by molar-refractivity contribution is 7.16. The maximum absolute atomic E-state index is 5.94. The van der Waals surface area contributed by atoms with E-state index >= 15 is 0 Å². The number of thiophene rings is 1. The first kappa shape index (κ1) is 13.3. The maximum Gasteiger partial charge on any atom is 0.0931 e. The van der Waals surface area contributed by atoms with Crippen molar-refractivity contribution >= 4 is 22.9 Å². The van der Waals surface area contributed by atoms with Crippen LogP contribution in [0.4, 0.5) is 0 Å². The Bertz CT molecular complexity index is 334. The lowest BCUT2D eigenvalue weighted by Gasteiger charge is -2.16. The van der Waals surface area contributed by atoms with Crippen molar-refractivity contribution in [2.45, 2.75) is 32.2 Å². The molecule has 0 bridgehead atoms. The molecule has 0 aliphatic carbocycles. The molecule has 0 spiro atoms. The molecule has 1 aliphatic rings. The van der Waals surface area contributed by atoms with Gasteiger partial charge in [0.1, 0.15) is 0 Å². The molecule has 1 aromatic rings. The molecule has 1 N–H and O–H groups in total. The van der Waals surface area contributed by atoms with Crippen molar-refractivity contribution < 1.29 is 0 Å². The van der Waals surface area contributed by atoms with Gasteiger partial charge in [-0.15, -0.1) is 11.3 Å². The van der Waals surface area contributed by atoms with Gasteiger partial charge in [-0.2, -0.15) is 0 Å². The summed E-state index contributed by atoms with van der Waals surface area (Å²) in [5.41, 5.74) is 0. The zero-order valence-electron chi connectivity index (χ0n) is 10.4. The fourth-order valence-corrected chi connectivity index (χ4v) is 3.38. The zero-order chi connectivity index (χ0) is 12.1. The second-order valence-corrected chi connectivity index (χ2v) is 6.47. The molecule has 2 rings (SSSR count). The van der Waals surface area contributed by atoms with E-state index in [1.54, 1.807) is 11.3 Å². The SMILES string of the molecule is CC(NCCCN1CCCC1)c1ccc(Cl)s1. The van der Waals surface area contributed by atoms with Crippen LogP contribution in [-0.2, 0) is 0 Å². The molecule has 1 fully saturated rings. The molecule has 17 heavy (non-hydrogen) atoms. The predicted octanol–water partition coefficient (Wildman–Crippen LogP) is 3.54. The zero-order valence-corrected chi connectivity index (χ0v) is 12.0. The monoisotopic (exact) mass is 272 g/mol. The Hall–Kier alpha value is -0.0900. The van der Waals surface area contributed by atoms with E-state index in [2.05, 4.69) is 23.2 Å². The van der Waals surface area contributed by atoms with Crippen LogP contribution in [0, 0.1) is 0 Å². The Labute approximate surface area is 113 Å². The quantitative estimate of drug-likeness (QED) is 0.797. The third-order valence-corrected chi connectivity index (χ3v) is 4.73. The minimum absolute atomic E-state index is 0.422. The Morgan fingerprint density at radius 1 is 1.41 bits per heavy atom. The van der Waals surface area contributed by atoms with Gasteiger partial charge < -0.3 is 10.2 Å². The van der Waals surface area contributed by atoms with Gasteiger partial charge in [-0.05, 0) is 64.5 Å². The molecular formula is C13H21ClN2S. The molecule has 2 heterocycles. The Morgan fingerprint density at radius 3 is 2.82 bits per heavy atom. The van der Waals surface area contributed by atoms with Crippen molar-refractivity contribution in [3.8, 4) is 0 Å². The summed E-state index contributed by atoms with van der Waals surface area (Å²) < 4.78 is 0.880. The Kier molecular flexibility index (Phi) is 5.29. The summed E-state index contributed by atoms with van der Waals surface area (Å²) in [6.07, 6.45) is 4.01. The van der Waals surface area contributed by atoms with Crippen molar-refractivity contribution in [1.29, 1.82) is 0 Å². The van der Waals surface area contributed by atoms with Crippen LogP contribution in [0.1, 0.15) is 37.1 Å². The van der Waals surface area contributed by atoms with Crippen molar-refractivity contribution in [1.82, 2.24) is 10.2 Å². The summed E-state index contributed by atoms with van der Waals surface area (Å²) in [6.45, 7) is 7.14. The van der Waals surface area contributed by atoms with Gasteiger partial charge in [-0.3, -0.25) is 0 Å². The van der Waals surface area contributed by atoms with E-state index in [4.69, 9.17) is 11.6 Å². The van der Waals surface area contributed by atoms with Gasteiger partial charge in [0, 0.05) is 10.9 Å². The lowest BCUT2D eigenvalue weighted by molar-refractivity contribution is 0.328. The fourth-order valence-electron chi connectivity index (χ4n) is 2.29. The van der Waals surface area contributed by atoms with E-state index in [0.29, 0.717) is 6.04 Å². The minimum atomic E-state index is 0.422. The molecule has 4 heteroatoms. The largest absolute Gasteiger partial charge is 0.309 e. The number of hydrogen-bond acceptors (Lipinski definition) is 3. The molecule has 2 nitrogen and oxygen atoms in total. The first-order valence-corrected chi connectivity index (χ1v) is 7.66. The number of nitrogens with zero attached hydrogens (tertiary/aromatic N) is 1. The van der Waals surface area contributed by atoms with Crippen molar-refractivity contribution in [2.24, 2.45) is 0 Å². The third-order valence-electron chi connectivity index (χ3n) is 3.32. The smallest absolute Gasteiger partial charge is 0.0931 e. The van der Waals surface area contributed by atoms with Crippen molar-refractivity contribution in [3.63, 3.8) is 0 Å².